The largest absolute Gasteiger partial charge is 0.306 e. The molecule has 0 spiro atoms. The fraction of sp³-hybridized carbons (Fsp3) is 0.333. The minimum Gasteiger partial charge on any atom is -0.306 e. The van der Waals surface area contributed by atoms with Crippen molar-refractivity contribution in [1.29, 1.82) is 0 Å². The molecule has 2 fully saturated rings. The number of hydrogen-bond donors (Lipinski definition) is 0. The van der Waals surface area contributed by atoms with Crippen molar-refractivity contribution in [2.24, 2.45) is 0 Å². The molecule has 0 N–H and O–H groups in total. The number of hydrogen-bond acceptors (Lipinski definition) is 6. The molecular formula is C36H39BrN8. The number of nitrogens with zero attached hydrogens (tertiary/aromatic N) is 8. The molecule has 6 heterocycles. The molecule has 2 saturated heterocycles. The zero-order chi connectivity index (χ0) is 30.8. The third-order valence-electron chi connectivity index (χ3n) is 9.43. The Morgan fingerprint density at radius 2 is 1.09 bits per heavy atom. The van der Waals surface area contributed by atoms with E-state index in [1.54, 1.807) is 12.4 Å². The van der Waals surface area contributed by atoms with Gasteiger partial charge in [0, 0.05) is 42.0 Å². The van der Waals surface area contributed by atoms with Crippen LogP contribution < -0.4 is 0 Å². The van der Waals surface area contributed by atoms with E-state index in [4.69, 9.17) is 0 Å². The Morgan fingerprint density at radius 1 is 0.578 bits per heavy atom. The van der Waals surface area contributed by atoms with Gasteiger partial charge in [0.1, 0.15) is 0 Å². The van der Waals surface area contributed by atoms with E-state index in [9.17, 15) is 0 Å². The second-order valence-corrected chi connectivity index (χ2v) is 13.3. The van der Waals surface area contributed by atoms with Crippen molar-refractivity contribution in [1.82, 2.24) is 39.0 Å². The summed E-state index contributed by atoms with van der Waals surface area (Å²) in [4.78, 5) is 13.7. The molecule has 2 aliphatic heterocycles. The molecule has 9 heteroatoms. The van der Waals surface area contributed by atoms with E-state index in [-0.39, 0.29) is 0 Å². The van der Waals surface area contributed by atoms with Crippen molar-refractivity contribution in [2.75, 3.05) is 40.3 Å². The molecule has 45 heavy (non-hydrogen) atoms. The van der Waals surface area contributed by atoms with Gasteiger partial charge in [0.05, 0.1) is 16.9 Å². The summed E-state index contributed by atoms with van der Waals surface area (Å²) in [7, 11) is 4.41. The van der Waals surface area contributed by atoms with Crippen LogP contribution in [0.4, 0.5) is 0 Å². The van der Waals surface area contributed by atoms with Gasteiger partial charge in [-0.1, -0.05) is 48.5 Å². The van der Waals surface area contributed by atoms with Crippen molar-refractivity contribution in [2.45, 2.75) is 37.5 Å². The highest BCUT2D eigenvalue weighted by Gasteiger charge is 2.19. The maximum Gasteiger partial charge on any atom is 0.169 e. The molecule has 230 valence electrons. The van der Waals surface area contributed by atoms with Gasteiger partial charge in [0.2, 0.25) is 0 Å². The molecule has 8 nitrogen and oxygen atoms in total. The van der Waals surface area contributed by atoms with Crippen LogP contribution in [0.15, 0.2) is 96.3 Å². The monoisotopic (exact) mass is 662 g/mol. The Bertz CT molecular complexity index is 1860. The summed E-state index contributed by atoms with van der Waals surface area (Å²) in [5, 5.41) is 8.56. The number of benzene rings is 2. The SMILES string of the molecule is CN1CCC(c2ccc(-c3cnc4c(Br)cnn4c3)cc2)CC1.CN1CCC(c2ccc(-c3cnc4ccnn4c3)cc2)CC1. The molecule has 4 aromatic heterocycles. The van der Waals surface area contributed by atoms with Gasteiger partial charge < -0.3 is 9.80 Å². The second kappa shape index (κ2) is 13.2. The average molecular weight is 664 g/mol. The van der Waals surface area contributed by atoms with Gasteiger partial charge in [0.15, 0.2) is 11.3 Å². The lowest BCUT2D eigenvalue weighted by atomic mass is 9.89. The third-order valence-corrected chi connectivity index (χ3v) is 9.99. The first-order chi connectivity index (χ1) is 22.0. The minimum atomic E-state index is 0.697. The lowest BCUT2D eigenvalue weighted by molar-refractivity contribution is 0.255. The Kier molecular flexibility index (Phi) is 8.74. The van der Waals surface area contributed by atoms with E-state index >= 15 is 0 Å². The first kappa shape index (κ1) is 29.8. The van der Waals surface area contributed by atoms with Crippen LogP contribution in [0, 0.1) is 0 Å². The minimum absolute atomic E-state index is 0.697. The lowest BCUT2D eigenvalue weighted by Crippen LogP contribution is -2.29. The van der Waals surface area contributed by atoms with Crippen molar-refractivity contribution >= 4 is 27.2 Å². The Morgan fingerprint density at radius 3 is 1.64 bits per heavy atom. The fourth-order valence-corrected chi connectivity index (χ4v) is 6.91. The Labute approximate surface area is 272 Å². The van der Waals surface area contributed by atoms with Gasteiger partial charge in [0.25, 0.3) is 0 Å². The van der Waals surface area contributed by atoms with Gasteiger partial charge >= 0.3 is 0 Å². The first-order valence-corrected chi connectivity index (χ1v) is 16.7. The van der Waals surface area contributed by atoms with E-state index in [1.807, 2.05) is 39.9 Å². The lowest BCUT2D eigenvalue weighted by Gasteiger charge is -2.29. The summed E-state index contributed by atoms with van der Waals surface area (Å²) >= 11 is 3.46. The standard InChI is InChI=1S/C18H19BrN4.C18H20N4/c1-22-8-6-15(7-9-22)13-2-4-14(5-3-13)16-10-20-18-17(19)11-21-23(18)12-16;1-21-10-7-16(8-11-21)14-2-4-15(5-3-14)17-12-19-18-6-9-20-22(18)13-17/h2-5,10-12,15H,6-9H2,1H3;2-6,9,12-13,16H,7-8,10-11H2,1H3. The molecule has 0 bridgehead atoms. The Hall–Kier alpha value is -3.92. The molecule has 2 aliphatic rings. The maximum atomic E-state index is 4.49. The van der Waals surface area contributed by atoms with Gasteiger partial charge in [-0.3, -0.25) is 0 Å². The quantitative estimate of drug-likeness (QED) is 0.199. The van der Waals surface area contributed by atoms with Crippen LogP contribution in [0.5, 0.6) is 0 Å². The molecule has 0 amide bonds. The van der Waals surface area contributed by atoms with Crippen LogP contribution in [-0.2, 0) is 0 Å². The first-order valence-electron chi connectivity index (χ1n) is 15.9. The summed E-state index contributed by atoms with van der Waals surface area (Å²) in [6.45, 7) is 4.79. The zero-order valence-electron chi connectivity index (χ0n) is 25.9. The van der Waals surface area contributed by atoms with Crippen LogP contribution in [-0.4, -0.2) is 79.3 Å². The van der Waals surface area contributed by atoms with E-state index < -0.39 is 0 Å². The Balaban J connectivity index is 0.000000145. The van der Waals surface area contributed by atoms with Crippen LogP contribution in [0.2, 0.25) is 0 Å². The topological polar surface area (TPSA) is 66.9 Å². The van der Waals surface area contributed by atoms with Gasteiger partial charge in [-0.25, -0.2) is 19.0 Å². The second-order valence-electron chi connectivity index (χ2n) is 12.5. The highest BCUT2D eigenvalue weighted by atomic mass is 79.9. The summed E-state index contributed by atoms with van der Waals surface area (Å²) in [5.41, 5.74) is 9.21. The fourth-order valence-electron chi connectivity index (χ4n) is 6.53. The zero-order valence-corrected chi connectivity index (χ0v) is 27.5. The summed E-state index contributed by atoms with van der Waals surface area (Å²) < 4.78 is 4.55. The van der Waals surface area contributed by atoms with Gasteiger partial charge in [-0.2, -0.15) is 10.2 Å². The van der Waals surface area contributed by atoms with E-state index in [2.05, 4.69) is 109 Å². The highest BCUT2D eigenvalue weighted by molar-refractivity contribution is 9.10. The normalized spacial score (nSPS) is 17.0. The van der Waals surface area contributed by atoms with E-state index in [0.29, 0.717) is 11.8 Å². The molecule has 2 aromatic carbocycles. The predicted octanol–water partition coefficient (Wildman–Crippen LogP) is 7.17. The van der Waals surface area contributed by atoms with Crippen molar-refractivity contribution < 1.29 is 0 Å². The molecule has 0 radical (unpaired) electrons. The molecule has 0 atom stereocenters. The average Bonchev–Trinajstić information content (AvgIpc) is 3.72. The van der Waals surface area contributed by atoms with Crippen LogP contribution >= 0.6 is 15.9 Å². The number of piperidine rings is 2. The van der Waals surface area contributed by atoms with Crippen LogP contribution in [0.1, 0.15) is 48.6 Å². The number of aromatic nitrogens is 6. The van der Waals surface area contributed by atoms with Crippen LogP contribution in [0.3, 0.4) is 0 Å². The van der Waals surface area contributed by atoms with E-state index in [0.717, 1.165) is 26.9 Å². The summed E-state index contributed by atoms with van der Waals surface area (Å²) in [6, 6.07) is 19.8. The molecule has 8 rings (SSSR count). The molecule has 0 saturated carbocycles. The van der Waals surface area contributed by atoms with E-state index in [1.165, 1.54) is 74.1 Å². The third kappa shape index (κ3) is 6.71. The van der Waals surface area contributed by atoms with Crippen molar-refractivity contribution in [3.8, 4) is 22.3 Å². The molecule has 0 aliphatic carbocycles. The number of halogens is 1. The number of fused-ring (bicyclic) bond motifs is 2. The van der Waals surface area contributed by atoms with Crippen LogP contribution in [0.25, 0.3) is 33.5 Å². The molecule has 6 aromatic rings. The predicted molar refractivity (Wildman–Crippen MR) is 183 cm³/mol. The number of rotatable bonds is 4. The van der Waals surface area contributed by atoms with Gasteiger partial charge in [-0.15, -0.1) is 0 Å². The smallest absolute Gasteiger partial charge is 0.169 e. The number of likely N-dealkylation sites (tertiary alicyclic amines) is 2. The summed E-state index contributed by atoms with van der Waals surface area (Å²) in [5.74, 6) is 1.40. The molecule has 0 unspecified atom stereocenters. The van der Waals surface area contributed by atoms with Crippen molar-refractivity contribution in [3.63, 3.8) is 0 Å². The summed E-state index contributed by atoms with van der Waals surface area (Å²) in [6.07, 6.45) is 16.5. The highest BCUT2D eigenvalue weighted by Crippen LogP contribution is 2.31. The van der Waals surface area contributed by atoms with Crippen molar-refractivity contribution in [3.05, 3.63) is 107 Å². The molecular weight excluding hydrogens is 624 g/mol. The van der Waals surface area contributed by atoms with Gasteiger partial charge in [-0.05, 0) is 116 Å². The maximum absolute atomic E-state index is 4.49.